The largest absolute Gasteiger partial charge is 0.299 e. The molecule has 82 valence electrons. The summed E-state index contributed by atoms with van der Waals surface area (Å²) in [5.74, 6) is 0. The molecule has 2 aliphatic heterocycles. The maximum atomic E-state index is 2.73. The van der Waals surface area contributed by atoms with E-state index in [-0.39, 0.29) is 0 Å². The highest BCUT2D eigenvalue weighted by molar-refractivity contribution is 4.85. The molecular weight excluding hydrogens is 172 g/mol. The average Bonchev–Trinajstić information content (AvgIpc) is 2.68. The van der Waals surface area contributed by atoms with E-state index in [0.29, 0.717) is 0 Å². The van der Waals surface area contributed by atoms with Crippen LogP contribution in [-0.4, -0.2) is 48.1 Å². The van der Waals surface area contributed by atoms with Crippen molar-refractivity contribution in [2.75, 3.05) is 26.2 Å². The molecule has 0 bridgehead atoms. The van der Waals surface area contributed by atoms with Crippen molar-refractivity contribution in [1.82, 2.24) is 9.80 Å². The Morgan fingerprint density at radius 2 is 1.71 bits per heavy atom. The summed E-state index contributed by atoms with van der Waals surface area (Å²) >= 11 is 0. The normalized spacial score (nSPS) is 31.5. The fourth-order valence-electron chi connectivity index (χ4n) is 2.82. The van der Waals surface area contributed by atoms with E-state index in [1.807, 2.05) is 0 Å². The number of piperidine rings is 1. The number of hydrogen-bond acceptors (Lipinski definition) is 2. The fourth-order valence-corrected chi connectivity index (χ4v) is 2.82. The standard InChI is InChI=1S/C12H24N2/c1-11(2)14-9-6-12(10-14)13-7-4-3-5-8-13/h11-12H,3-10H2,1-2H3/t12-/m1/s1. The van der Waals surface area contributed by atoms with Crippen LogP contribution in [0.25, 0.3) is 0 Å². The molecule has 2 fully saturated rings. The summed E-state index contributed by atoms with van der Waals surface area (Å²) in [6, 6.07) is 1.61. The Labute approximate surface area is 88.3 Å². The summed E-state index contributed by atoms with van der Waals surface area (Å²) in [6.07, 6.45) is 5.71. The predicted octanol–water partition coefficient (Wildman–Crippen LogP) is 1.95. The van der Waals surface area contributed by atoms with E-state index in [1.54, 1.807) is 0 Å². The van der Waals surface area contributed by atoms with Gasteiger partial charge in [0.15, 0.2) is 0 Å². The minimum Gasteiger partial charge on any atom is -0.299 e. The van der Waals surface area contributed by atoms with E-state index in [2.05, 4.69) is 23.6 Å². The monoisotopic (exact) mass is 196 g/mol. The van der Waals surface area contributed by atoms with Crippen molar-refractivity contribution in [3.63, 3.8) is 0 Å². The first-order chi connectivity index (χ1) is 6.77. The van der Waals surface area contributed by atoms with Crippen molar-refractivity contribution < 1.29 is 0 Å². The highest BCUT2D eigenvalue weighted by atomic mass is 15.3. The highest BCUT2D eigenvalue weighted by Gasteiger charge is 2.29. The molecule has 0 aromatic carbocycles. The Bertz CT molecular complexity index is 173. The van der Waals surface area contributed by atoms with Crippen LogP contribution in [-0.2, 0) is 0 Å². The first kappa shape index (κ1) is 10.4. The molecule has 0 amide bonds. The van der Waals surface area contributed by atoms with Gasteiger partial charge in [-0.05, 0) is 46.2 Å². The van der Waals surface area contributed by atoms with Crippen molar-refractivity contribution in [2.45, 2.75) is 51.6 Å². The number of rotatable bonds is 2. The molecule has 2 heteroatoms. The third-order valence-corrected chi connectivity index (χ3v) is 3.83. The molecule has 2 aliphatic rings. The maximum Gasteiger partial charge on any atom is 0.0235 e. The van der Waals surface area contributed by atoms with E-state index in [4.69, 9.17) is 0 Å². The van der Waals surface area contributed by atoms with Crippen molar-refractivity contribution in [3.8, 4) is 0 Å². The molecule has 1 atom stereocenters. The Balaban J connectivity index is 1.82. The van der Waals surface area contributed by atoms with Gasteiger partial charge in [-0.25, -0.2) is 0 Å². The first-order valence-corrected chi connectivity index (χ1v) is 6.25. The van der Waals surface area contributed by atoms with Gasteiger partial charge in [0.2, 0.25) is 0 Å². The van der Waals surface area contributed by atoms with Crippen molar-refractivity contribution in [1.29, 1.82) is 0 Å². The second kappa shape index (κ2) is 4.63. The van der Waals surface area contributed by atoms with Gasteiger partial charge in [0.05, 0.1) is 0 Å². The lowest BCUT2D eigenvalue weighted by Gasteiger charge is -2.32. The Morgan fingerprint density at radius 3 is 2.29 bits per heavy atom. The van der Waals surface area contributed by atoms with Crippen LogP contribution in [0, 0.1) is 0 Å². The number of nitrogens with zero attached hydrogens (tertiary/aromatic N) is 2. The fraction of sp³-hybridized carbons (Fsp3) is 1.00. The summed E-state index contributed by atoms with van der Waals surface area (Å²) in [7, 11) is 0. The number of hydrogen-bond donors (Lipinski definition) is 0. The van der Waals surface area contributed by atoms with E-state index in [1.165, 1.54) is 51.9 Å². The molecule has 0 radical (unpaired) electrons. The van der Waals surface area contributed by atoms with Gasteiger partial charge in [0.1, 0.15) is 0 Å². The van der Waals surface area contributed by atoms with E-state index in [9.17, 15) is 0 Å². The van der Waals surface area contributed by atoms with Gasteiger partial charge in [-0.1, -0.05) is 6.42 Å². The molecule has 2 heterocycles. The summed E-state index contributed by atoms with van der Waals surface area (Å²) in [4.78, 5) is 5.35. The molecule has 2 nitrogen and oxygen atoms in total. The summed E-state index contributed by atoms with van der Waals surface area (Å²) in [5, 5.41) is 0. The van der Waals surface area contributed by atoms with Crippen molar-refractivity contribution in [3.05, 3.63) is 0 Å². The third kappa shape index (κ3) is 2.29. The lowest BCUT2D eigenvalue weighted by Crippen LogP contribution is -2.41. The second-order valence-electron chi connectivity index (χ2n) is 5.13. The molecule has 0 unspecified atom stereocenters. The van der Waals surface area contributed by atoms with Crippen LogP contribution in [0.3, 0.4) is 0 Å². The first-order valence-electron chi connectivity index (χ1n) is 6.25. The molecule has 0 aliphatic carbocycles. The Kier molecular flexibility index (Phi) is 3.45. The predicted molar refractivity (Wildman–Crippen MR) is 60.5 cm³/mol. The van der Waals surface area contributed by atoms with Gasteiger partial charge >= 0.3 is 0 Å². The van der Waals surface area contributed by atoms with Crippen LogP contribution >= 0.6 is 0 Å². The molecule has 0 N–H and O–H groups in total. The van der Waals surface area contributed by atoms with E-state index in [0.717, 1.165) is 12.1 Å². The van der Waals surface area contributed by atoms with Crippen molar-refractivity contribution in [2.24, 2.45) is 0 Å². The molecule has 14 heavy (non-hydrogen) atoms. The van der Waals surface area contributed by atoms with Gasteiger partial charge in [0, 0.05) is 25.2 Å². The zero-order valence-corrected chi connectivity index (χ0v) is 9.71. The summed E-state index contributed by atoms with van der Waals surface area (Å²) in [5.41, 5.74) is 0. The lowest BCUT2D eigenvalue weighted by atomic mass is 10.1. The van der Waals surface area contributed by atoms with Crippen LogP contribution < -0.4 is 0 Å². The van der Waals surface area contributed by atoms with E-state index >= 15 is 0 Å². The van der Waals surface area contributed by atoms with Gasteiger partial charge in [-0.3, -0.25) is 9.80 Å². The van der Waals surface area contributed by atoms with Crippen LogP contribution in [0.4, 0.5) is 0 Å². The Hall–Kier alpha value is -0.0800. The van der Waals surface area contributed by atoms with Crippen LogP contribution in [0.1, 0.15) is 39.5 Å². The molecule has 2 rings (SSSR count). The third-order valence-electron chi connectivity index (χ3n) is 3.83. The van der Waals surface area contributed by atoms with Gasteiger partial charge < -0.3 is 0 Å². The molecule has 0 aromatic rings. The molecule has 0 saturated carbocycles. The lowest BCUT2D eigenvalue weighted by molar-refractivity contribution is 0.156. The molecular formula is C12H24N2. The average molecular weight is 196 g/mol. The second-order valence-corrected chi connectivity index (χ2v) is 5.13. The summed E-state index contributed by atoms with van der Waals surface area (Å²) < 4.78 is 0. The molecule has 2 saturated heterocycles. The maximum absolute atomic E-state index is 2.73. The smallest absolute Gasteiger partial charge is 0.0235 e. The van der Waals surface area contributed by atoms with Crippen LogP contribution in [0.2, 0.25) is 0 Å². The van der Waals surface area contributed by atoms with Crippen LogP contribution in [0.5, 0.6) is 0 Å². The molecule has 0 spiro atoms. The minimum atomic E-state index is 0.741. The number of likely N-dealkylation sites (tertiary alicyclic amines) is 2. The van der Waals surface area contributed by atoms with Crippen LogP contribution in [0.15, 0.2) is 0 Å². The Morgan fingerprint density at radius 1 is 1.00 bits per heavy atom. The highest BCUT2D eigenvalue weighted by Crippen LogP contribution is 2.21. The zero-order valence-electron chi connectivity index (χ0n) is 9.71. The molecule has 0 aromatic heterocycles. The van der Waals surface area contributed by atoms with Crippen molar-refractivity contribution >= 4 is 0 Å². The summed E-state index contributed by atoms with van der Waals surface area (Å²) in [6.45, 7) is 9.99. The van der Waals surface area contributed by atoms with Gasteiger partial charge in [-0.2, -0.15) is 0 Å². The van der Waals surface area contributed by atoms with Gasteiger partial charge in [-0.15, -0.1) is 0 Å². The quantitative estimate of drug-likeness (QED) is 0.666. The minimum absolute atomic E-state index is 0.741. The van der Waals surface area contributed by atoms with E-state index < -0.39 is 0 Å². The SMILES string of the molecule is CC(C)N1CC[C@@H](N2CCCCC2)C1. The van der Waals surface area contributed by atoms with Gasteiger partial charge in [0.25, 0.3) is 0 Å². The zero-order chi connectivity index (χ0) is 9.97. The topological polar surface area (TPSA) is 6.48 Å².